The van der Waals surface area contributed by atoms with Crippen molar-refractivity contribution in [3.63, 3.8) is 0 Å². The van der Waals surface area contributed by atoms with Crippen LogP contribution in [0.25, 0.3) is 0 Å². The molecule has 0 atom stereocenters. The number of esters is 1. The Morgan fingerprint density at radius 1 is 1.57 bits per heavy atom. The largest absolute Gasteiger partial charge is 0.465 e. The van der Waals surface area contributed by atoms with Crippen LogP contribution in [0.2, 0.25) is 0 Å². The smallest absolute Gasteiger partial charge is 0.326 e. The van der Waals surface area contributed by atoms with E-state index in [-0.39, 0.29) is 12.1 Å². The van der Waals surface area contributed by atoms with Crippen molar-refractivity contribution in [2.45, 2.75) is 13.5 Å². The lowest BCUT2D eigenvalue weighted by molar-refractivity contribution is -0.143. The maximum Gasteiger partial charge on any atom is 0.326 e. The molecule has 1 aromatic heterocycles. The summed E-state index contributed by atoms with van der Waals surface area (Å²) in [7, 11) is 0. The van der Waals surface area contributed by atoms with E-state index in [4.69, 9.17) is 10.5 Å². The van der Waals surface area contributed by atoms with E-state index in [1.807, 2.05) is 0 Å². The first kappa shape index (κ1) is 10.3. The van der Waals surface area contributed by atoms with Gasteiger partial charge in [0.1, 0.15) is 6.54 Å². The topological polar surface area (TPSA) is 74.3 Å². The molecule has 5 heteroatoms. The van der Waals surface area contributed by atoms with E-state index >= 15 is 0 Å². The molecule has 0 radical (unpaired) electrons. The van der Waals surface area contributed by atoms with E-state index in [0.29, 0.717) is 12.3 Å². The second kappa shape index (κ2) is 4.45. The van der Waals surface area contributed by atoms with Crippen LogP contribution < -0.4 is 11.3 Å². The quantitative estimate of drug-likeness (QED) is 0.690. The summed E-state index contributed by atoms with van der Waals surface area (Å²) in [4.78, 5) is 22.3. The molecule has 1 aromatic rings. The molecule has 76 valence electrons. The molecule has 0 aliphatic carbocycles. The molecule has 0 spiro atoms. The Kier molecular flexibility index (Phi) is 3.28. The summed E-state index contributed by atoms with van der Waals surface area (Å²) >= 11 is 0. The van der Waals surface area contributed by atoms with Gasteiger partial charge in [-0.15, -0.1) is 0 Å². The highest BCUT2D eigenvalue weighted by atomic mass is 16.5. The van der Waals surface area contributed by atoms with E-state index in [9.17, 15) is 9.59 Å². The third-order valence-electron chi connectivity index (χ3n) is 1.61. The highest BCUT2D eigenvalue weighted by molar-refractivity contribution is 5.69. The van der Waals surface area contributed by atoms with Gasteiger partial charge in [0, 0.05) is 18.0 Å². The molecule has 14 heavy (non-hydrogen) atoms. The monoisotopic (exact) mass is 196 g/mol. The molecule has 1 rings (SSSR count). The van der Waals surface area contributed by atoms with E-state index in [2.05, 4.69) is 0 Å². The molecule has 0 amide bonds. The molecular weight excluding hydrogens is 184 g/mol. The highest BCUT2D eigenvalue weighted by Crippen LogP contribution is 1.96. The first-order chi connectivity index (χ1) is 6.63. The molecule has 0 saturated heterocycles. The van der Waals surface area contributed by atoms with Crippen molar-refractivity contribution in [2.24, 2.45) is 0 Å². The lowest BCUT2D eigenvalue weighted by atomic mass is 10.4. The van der Waals surface area contributed by atoms with Crippen LogP contribution in [0.1, 0.15) is 6.92 Å². The van der Waals surface area contributed by atoms with Crippen molar-refractivity contribution in [1.82, 2.24) is 4.57 Å². The SMILES string of the molecule is CCOC(=O)Cn1cc(N)ccc1=O. The highest BCUT2D eigenvalue weighted by Gasteiger charge is 2.04. The average molecular weight is 196 g/mol. The predicted octanol–water partition coefficient (Wildman–Crippen LogP) is -0.00640. The maximum atomic E-state index is 11.2. The number of hydrogen-bond acceptors (Lipinski definition) is 4. The number of carbonyl (C=O) groups is 1. The van der Waals surface area contributed by atoms with Gasteiger partial charge in [-0.2, -0.15) is 0 Å². The van der Waals surface area contributed by atoms with Crippen LogP contribution in [-0.4, -0.2) is 17.1 Å². The van der Waals surface area contributed by atoms with Gasteiger partial charge in [0.25, 0.3) is 5.56 Å². The number of nitrogen functional groups attached to an aromatic ring is 1. The van der Waals surface area contributed by atoms with Crippen LogP contribution in [0, 0.1) is 0 Å². The molecule has 0 fully saturated rings. The van der Waals surface area contributed by atoms with Crippen LogP contribution in [0.15, 0.2) is 23.1 Å². The summed E-state index contributed by atoms with van der Waals surface area (Å²) in [5.41, 5.74) is 5.63. The van der Waals surface area contributed by atoms with Crippen molar-refractivity contribution < 1.29 is 9.53 Å². The molecular formula is C9H12N2O3. The third kappa shape index (κ3) is 2.62. The standard InChI is InChI=1S/C9H12N2O3/c1-2-14-9(13)6-11-5-7(10)3-4-8(11)12/h3-5H,2,6,10H2,1H3. The van der Waals surface area contributed by atoms with Crippen LogP contribution in [0.5, 0.6) is 0 Å². The Morgan fingerprint density at radius 2 is 2.29 bits per heavy atom. The summed E-state index contributed by atoms with van der Waals surface area (Å²) in [5, 5.41) is 0. The fraction of sp³-hybridized carbons (Fsp3) is 0.333. The first-order valence-corrected chi connectivity index (χ1v) is 4.25. The lowest BCUT2D eigenvalue weighted by Crippen LogP contribution is -2.24. The zero-order valence-corrected chi connectivity index (χ0v) is 7.90. The summed E-state index contributed by atoms with van der Waals surface area (Å²) in [6, 6.07) is 2.80. The Hall–Kier alpha value is -1.78. The number of rotatable bonds is 3. The normalized spacial score (nSPS) is 9.79. The Bertz CT molecular complexity index is 384. The van der Waals surface area contributed by atoms with E-state index in [1.54, 1.807) is 6.92 Å². The van der Waals surface area contributed by atoms with Crippen molar-refractivity contribution in [3.8, 4) is 0 Å². The first-order valence-electron chi connectivity index (χ1n) is 4.25. The Morgan fingerprint density at radius 3 is 2.93 bits per heavy atom. The number of hydrogen-bond donors (Lipinski definition) is 1. The number of nitrogens with zero attached hydrogens (tertiary/aromatic N) is 1. The molecule has 0 aliphatic rings. The van der Waals surface area contributed by atoms with Crippen molar-refractivity contribution in [3.05, 3.63) is 28.7 Å². The summed E-state index contributed by atoms with van der Waals surface area (Å²) in [6.07, 6.45) is 1.42. The van der Waals surface area contributed by atoms with E-state index in [0.717, 1.165) is 0 Å². The molecule has 2 N–H and O–H groups in total. The van der Waals surface area contributed by atoms with E-state index in [1.165, 1.54) is 22.9 Å². The van der Waals surface area contributed by atoms with Gasteiger partial charge in [-0.1, -0.05) is 0 Å². The molecule has 0 aromatic carbocycles. The van der Waals surface area contributed by atoms with Crippen molar-refractivity contribution in [2.75, 3.05) is 12.3 Å². The van der Waals surface area contributed by atoms with Crippen LogP contribution >= 0.6 is 0 Å². The Balaban J connectivity index is 2.81. The minimum atomic E-state index is -0.444. The number of nitrogens with two attached hydrogens (primary N) is 1. The minimum Gasteiger partial charge on any atom is -0.465 e. The van der Waals surface area contributed by atoms with Crippen molar-refractivity contribution >= 4 is 11.7 Å². The molecule has 0 aliphatic heterocycles. The molecule has 0 unspecified atom stereocenters. The summed E-state index contributed by atoms with van der Waals surface area (Å²) in [5.74, 6) is -0.444. The van der Waals surface area contributed by atoms with Crippen LogP contribution in [0.4, 0.5) is 5.69 Å². The second-order valence-electron chi connectivity index (χ2n) is 2.73. The molecule has 0 saturated carbocycles. The van der Waals surface area contributed by atoms with Gasteiger partial charge in [0.05, 0.1) is 6.61 Å². The zero-order valence-electron chi connectivity index (χ0n) is 7.90. The van der Waals surface area contributed by atoms with Crippen LogP contribution in [-0.2, 0) is 16.1 Å². The van der Waals surface area contributed by atoms with Gasteiger partial charge in [0.2, 0.25) is 0 Å². The Labute approximate surface area is 81.1 Å². The fourth-order valence-electron chi connectivity index (χ4n) is 1.02. The van der Waals surface area contributed by atoms with Gasteiger partial charge in [-0.05, 0) is 13.0 Å². The predicted molar refractivity (Wildman–Crippen MR) is 51.7 cm³/mol. The lowest BCUT2D eigenvalue weighted by Gasteiger charge is -2.05. The van der Waals surface area contributed by atoms with Gasteiger partial charge in [0.15, 0.2) is 0 Å². The molecule has 5 nitrogen and oxygen atoms in total. The average Bonchev–Trinajstić information content (AvgIpc) is 2.12. The summed E-state index contributed by atoms with van der Waals surface area (Å²) in [6.45, 7) is 1.91. The molecule has 0 bridgehead atoms. The van der Waals surface area contributed by atoms with E-state index < -0.39 is 5.97 Å². The number of anilines is 1. The number of pyridine rings is 1. The minimum absolute atomic E-state index is 0.0995. The van der Waals surface area contributed by atoms with Gasteiger partial charge in [-0.3, -0.25) is 9.59 Å². The zero-order chi connectivity index (χ0) is 10.6. The number of aromatic nitrogens is 1. The van der Waals surface area contributed by atoms with Crippen molar-refractivity contribution in [1.29, 1.82) is 0 Å². The van der Waals surface area contributed by atoms with Gasteiger partial charge in [-0.25, -0.2) is 0 Å². The number of carbonyl (C=O) groups excluding carboxylic acids is 1. The van der Waals surface area contributed by atoms with Gasteiger partial charge >= 0.3 is 5.97 Å². The van der Waals surface area contributed by atoms with Gasteiger partial charge < -0.3 is 15.0 Å². The summed E-state index contributed by atoms with van der Waals surface area (Å²) < 4.78 is 5.92. The maximum absolute atomic E-state index is 11.2. The third-order valence-corrected chi connectivity index (χ3v) is 1.61. The number of ether oxygens (including phenoxy) is 1. The fourth-order valence-corrected chi connectivity index (χ4v) is 1.02. The molecule has 1 heterocycles. The second-order valence-corrected chi connectivity index (χ2v) is 2.73. The van der Waals surface area contributed by atoms with Crippen LogP contribution in [0.3, 0.4) is 0 Å².